The molecule has 1 aromatic heterocycles. The van der Waals surface area contributed by atoms with Crippen LogP contribution in [0, 0.1) is 0 Å². The second-order valence-electron chi connectivity index (χ2n) is 6.74. The summed E-state index contributed by atoms with van der Waals surface area (Å²) in [7, 11) is 3.34. The van der Waals surface area contributed by atoms with E-state index in [9.17, 15) is 0 Å². The first-order valence-corrected chi connectivity index (χ1v) is 10.1. The first-order valence-electron chi connectivity index (χ1n) is 9.31. The van der Waals surface area contributed by atoms with Gasteiger partial charge >= 0.3 is 0 Å². The standard InChI is InChI=1S/C22H22ClN3O2S/c1-27-15-9-10-20(28-2)16(14-15)21-19-8-5-11-25(19)12-13-26(21)22(29)24-18-7-4-3-6-17(18)23/h3-11,14,21H,12-13H2,1-2H3,(H,24,29). The van der Waals surface area contributed by atoms with E-state index in [-0.39, 0.29) is 6.04 Å². The van der Waals surface area contributed by atoms with Crippen LogP contribution in [0.1, 0.15) is 17.3 Å². The van der Waals surface area contributed by atoms with Crippen LogP contribution in [0.15, 0.2) is 60.8 Å². The highest BCUT2D eigenvalue weighted by Crippen LogP contribution is 2.39. The first kappa shape index (κ1) is 19.6. The van der Waals surface area contributed by atoms with Crippen LogP contribution < -0.4 is 14.8 Å². The molecular weight excluding hydrogens is 406 g/mol. The third-order valence-electron chi connectivity index (χ3n) is 5.15. The summed E-state index contributed by atoms with van der Waals surface area (Å²) in [5.41, 5.74) is 2.93. The summed E-state index contributed by atoms with van der Waals surface area (Å²) in [6.07, 6.45) is 2.09. The molecule has 1 atom stereocenters. The lowest BCUT2D eigenvalue weighted by atomic mass is 9.99. The van der Waals surface area contributed by atoms with Crippen LogP contribution in [0.4, 0.5) is 5.69 Å². The summed E-state index contributed by atoms with van der Waals surface area (Å²) in [5, 5.41) is 4.55. The molecule has 0 saturated heterocycles. The van der Waals surface area contributed by atoms with E-state index in [4.69, 9.17) is 33.3 Å². The van der Waals surface area contributed by atoms with Gasteiger partial charge in [0.1, 0.15) is 17.5 Å². The number of rotatable bonds is 4. The number of halogens is 1. The number of anilines is 1. The van der Waals surface area contributed by atoms with Crippen molar-refractivity contribution in [1.82, 2.24) is 9.47 Å². The van der Waals surface area contributed by atoms with Crippen molar-refractivity contribution in [3.05, 3.63) is 77.1 Å². The normalized spacial score (nSPS) is 15.6. The Hall–Kier alpha value is -2.70. The van der Waals surface area contributed by atoms with Crippen LogP contribution >= 0.6 is 23.8 Å². The smallest absolute Gasteiger partial charge is 0.174 e. The molecular formula is C22H22ClN3O2S. The molecule has 1 unspecified atom stereocenters. The Kier molecular flexibility index (Phi) is 5.65. The van der Waals surface area contributed by atoms with Gasteiger partial charge in [0.2, 0.25) is 0 Å². The van der Waals surface area contributed by atoms with E-state index in [1.54, 1.807) is 14.2 Å². The van der Waals surface area contributed by atoms with Gasteiger partial charge in [-0.15, -0.1) is 0 Å². The Bertz CT molecular complexity index is 1040. The number of nitrogens with zero attached hydrogens (tertiary/aromatic N) is 2. The van der Waals surface area contributed by atoms with Gasteiger partial charge in [-0.25, -0.2) is 0 Å². The van der Waals surface area contributed by atoms with Gasteiger partial charge in [-0.1, -0.05) is 23.7 Å². The van der Waals surface area contributed by atoms with E-state index >= 15 is 0 Å². The summed E-state index contributed by atoms with van der Waals surface area (Å²) in [5.74, 6) is 1.56. The molecule has 1 aliphatic rings. The monoisotopic (exact) mass is 427 g/mol. The maximum Gasteiger partial charge on any atom is 0.174 e. The number of aromatic nitrogens is 1. The minimum absolute atomic E-state index is 0.119. The molecule has 0 amide bonds. The van der Waals surface area contributed by atoms with Crippen LogP contribution in [0.2, 0.25) is 5.02 Å². The van der Waals surface area contributed by atoms with Crippen molar-refractivity contribution >= 4 is 34.6 Å². The van der Waals surface area contributed by atoms with E-state index in [2.05, 4.69) is 33.1 Å². The maximum atomic E-state index is 6.33. The largest absolute Gasteiger partial charge is 0.497 e. The summed E-state index contributed by atoms with van der Waals surface area (Å²) in [6, 6.07) is 17.5. The van der Waals surface area contributed by atoms with Crippen LogP contribution in [0.5, 0.6) is 11.5 Å². The summed E-state index contributed by atoms with van der Waals surface area (Å²) >= 11 is 12.1. The Labute approximate surface area is 180 Å². The van der Waals surface area contributed by atoms with Crippen molar-refractivity contribution < 1.29 is 9.47 Å². The van der Waals surface area contributed by atoms with Gasteiger partial charge in [-0.2, -0.15) is 0 Å². The zero-order valence-electron chi connectivity index (χ0n) is 16.3. The highest BCUT2D eigenvalue weighted by molar-refractivity contribution is 7.80. The first-order chi connectivity index (χ1) is 14.1. The number of fused-ring (bicyclic) bond motifs is 1. The number of para-hydroxylation sites is 1. The molecule has 4 rings (SSSR count). The van der Waals surface area contributed by atoms with E-state index in [0.29, 0.717) is 10.1 Å². The molecule has 0 aliphatic carbocycles. The van der Waals surface area contributed by atoms with Crippen LogP contribution in [0.3, 0.4) is 0 Å². The van der Waals surface area contributed by atoms with Gasteiger partial charge in [0.05, 0.1) is 24.9 Å². The number of ether oxygens (including phenoxy) is 2. The van der Waals surface area contributed by atoms with Gasteiger partial charge in [0, 0.05) is 30.5 Å². The van der Waals surface area contributed by atoms with Gasteiger partial charge in [-0.05, 0) is 54.7 Å². The van der Waals surface area contributed by atoms with Crippen molar-refractivity contribution in [2.45, 2.75) is 12.6 Å². The number of hydrogen-bond acceptors (Lipinski definition) is 3. The lowest BCUT2D eigenvalue weighted by Gasteiger charge is -2.39. The SMILES string of the molecule is COc1ccc(OC)c(C2c3cccn3CCN2C(=S)Nc2ccccc2Cl)c1. The fraction of sp³-hybridized carbons (Fsp3) is 0.227. The molecule has 1 N–H and O–H groups in total. The van der Waals surface area contributed by atoms with Crippen molar-refractivity contribution in [2.75, 3.05) is 26.1 Å². The molecule has 29 heavy (non-hydrogen) atoms. The third kappa shape index (κ3) is 3.78. The fourth-order valence-electron chi connectivity index (χ4n) is 3.73. The number of methoxy groups -OCH3 is 2. The molecule has 0 fully saturated rings. The molecule has 0 saturated carbocycles. The topological polar surface area (TPSA) is 38.7 Å². The molecule has 0 radical (unpaired) electrons. The van der Waals surface area contributed by atoms with Crippen LogP contribution in [-0.2, 0) is 6.54 Å². The predicted molar refractivity (Wildman–Crippen MR) is 120 cm³/mol. The molecule has 7 heteroatoms. The van der Waals surface area contributed by atoms with Gasteiger partial charge in [0.25, 0.3) is 0 Å². The van der Waals surface area contributed by atoms with Crippen molar-refractivity contribution in [1.29, 1.82) is 0 Å². The van der Waals surface area contributed by atoms with E-state index in [1.807, 2.05) is 42.5 Å². The average Bonchev–Trinajstić information content (AvgIpc) is 3.23. The van der Waals surface area contributed by atoms with Crippen LogP contribution in [0.25, 0.3) is 0 Å². The van der Waals surface area contributed by atoms with E-state index in [0.717, 1.165) is 41.5 Å². The van der Waals surface area contributed by atoms with Gasteiger partial charge < -0.3 is 24.3 Å². The quantitative estimate of drug-likeness (QED) is 0.596. The van der Waals surface area contributed by atoms with Crippen molar-refractivity contribution in [3.63, 3.8) is 0 Å². The highest BCUT2D eigenvalue weighted by atomic mass is 35.5. The predicted octanol–water partition coefficient (Wildman–Crippen LogP) is 4.96. The van der Waals surface area contributed by atoms with Crippen LogP contribution in [-0.4, -0.2) is 35.3 Å². The molecule has 0 spiro atoms. The zero-order chi connectivity index (χ0) is 20.4. The minimum Gasteiger partial charge on any atom is -0.497 e. The molecule has 0 bridgehead atoms. The summed E-state index contributed by atoms with van der Waals surface area (Å²) in [4.78, 5) is 2.17. The summed E-state index contributed by atoms with van der Waals surface area (Å²) < 4.78 is 13.4. The Morgan fingerprint density at radius 1 is 1.07 bits per heavy atom. The molecule has 5 nitrogen and oxygen atoms in total. The Balaban J connectivity index is 1.76. The lowest BCUT2D eigenvalue weighted by molar-refractivity contribution is 0.284. The van der Waals surface area contributed by atoms with Gasteiger partial charge in [0.15, 0.2) is 5.11 Å². The fourth-order valence-corrected chi connectivity index (χ4v) is 4.22. The molecule has 2 aromatic carbocycles. The molecule has 1 aliphatic heterocycles. The van der Waals surface area contributed by atoms with E-state index in [1.165, 1.54) is 0 Å². The number of thiocarbonyl (C=S) groups is 1. The van der Waals surface area contributed by atoms with Crippen molar-refractivity contribution in [3.8, 4) is 11.5 Å². The van der Waals surface area contributed by atoms with Crippen molar-refractivity contribution in [2.24, 2.45) is 0 Å². The molecule has 3 aromatic rings. The lowest BCUT2D eigenvalue weighted by Crippen LogP contribution is -2.44. The maximum absolute atomic E-state index is 6.33. The minimum atomic E-state index is -0.119. The second kappa shape index (κ2) is 8.35. The van der Waals surface area contributed by atoms with Gasteiger partial charge in [-0.3, -0.25) is 0 Å². The highest BCUT2D eigenvalue weighted by Gasteiger charge is 2.33. The number of benzene rings is 2. The molecule has 2 heterocycles. The third-order valence-corrected chi connectivity index (χ3v) is 5.81. The Morgan fingerprint density at radius 3 is 2.66 bits per heavy atom. The molecule has 150 valence electrons. The number of hydrogen-bond donors (Lipinski definition) is 1. The Morgan fingerprint density at radius 2 is 1.90 bits per heavy atom. The zero-order valence-corrected chi connectivity index (χ0v) is 17.8. The summed E-state index contributed by atoms with van der Waals surface area (Å²) in [6.45, 7) is 1.60. The number of nitrogens with one attached hydrogen (secondary N) is 1. The van der Waals surface area contributed by atoms with E-state index < -0.39 is 0 Å². The second-order valence-corrected chi connectivity index (χ2v) is 7.53. The average molecular weight is 428 g/mol.